The first-order valence-electron chi connectivity index (χ1n) is 10.4. The van der Waals surface area contributed by atoms with E-state index in [1.54, 1.807) is 12.1 Å². The van der Waals surface area contributed by atoms with E-state index in [0.717, 1.165) is 24.5 Å². The van der Waals surface area contributed by atoms with Crippen molar-refractivity contribution in [3.05, 3.63) is 66.9 Å². The summed E-state index contributed by atoms with van der Waals surface area (Å²) >= 11 is 19.9. The molecule has 0 bridgehead atoms. The molecule has 3 aromatic rings. The lowest BCUT2D eigenvalue weighted by Crippen LogP contribution is -2.24. The van der Waals surface area contributed by atoms with Crippen LogP contribution in [0.2, 0.25) is 15.1 Å². The fourth-order valence-electron chi connectivity index (χ4n) is 3.49. The zero-order chi connectivity index (χ0) is 25.1. The average molecular weight is 553 g/mol. The van der Waals surface area contributed by atoms with Crippen LogP contribution in [0.15, 0.2) is 40.8 Å². The number of carbonyl (C=O) groups excluding carboxylic acids is 2. The Morgan fingerprint density at radius 3 is 2.60 bits per heavy atom. The Balaban J connectivity index is 1.60. The first-order chi connectivity index (χ1) is 16.8. The molecule has 0 saturated heterocycles. The molecule has 12 heteroatoms. The van der Waals surface area contributed by atoms with Crippen molar-refractivity contribution in [3.8, 4) is 5.75 Å². The van der Waals surface area contributed by atoms with Crippen molar-refractivity contribution >= 4 is 75.3 Å². The number of methoxy groups -OCH3 is 1. The molecule has 0 radical (unpaired) electrons. The largest absolute Gasteiger partial charge is 0.494 e. The number of benzene rings is 1. The summed E-state index contributed by atoms with van der Waals surface area (Å²) in [5, 5.41) is 8.33. The quantitative estimate of drug-likeness (QED) is 0.383. The standard InChI is InChI=1S/C23H20Cl3N5O3S/c1-12-27-5-6-31(12)10-13-11-35-21(19(13)26)23(33)30-20-16(7-15(25)8-17(20)34-2)22(32)29-18-4-3-14(24)9-28-18/h3-4,7-9,11H,5-6,10H2,1-2H3,(H,30,33)(H,28,29,32). The topological polar surface area (TPSA) is 95.9 Å². The van der Waals surface area contributed by atoms with Crippen molar-refractivity contribution in [3.63, 3.8) is 0 Å². The molecule has 0 saturated carbocycles. The molecule has 0 spiro atoms. The van der Waals surface area contributed by atoms with Gasteiger partial charge in [0.1, 0.15) is 16.4 Å². The van der Waals surface area contributed by atoms with Gasteiger partial charge in [0.25, 0.3) is 11.8 Å². The number of thiophene rings is 1. The van der Waals surface area contributed by atoms with Crippen molar-refractivity contribution in [1.29, 1.82) is 0 Å². The lowest BCUT2D eigenvalue weighted by molar-refractivity contribution is 0.102. The summed E-state index contributed by atoms with van der Waals surface area (Å²) < 4.78 is 5.39. The summed E-state index contributed by atoms with van der Waals surface area (Å²) in [7, 11) is 1.42. The monoisotopic (exact) mass is 551 g/mol. The number of carbonyl (C=O) groups is 2. The number of amides is 2. The lowest BCUT2D eigenvalue weighted by atomic mass is 10.1. The van der Waals surface area contributed by atoms with Crippen molar-refractivity contribution in [2.24, 2.45) is 4.99 Å². The van der Waals surface area contributed by atoms with E-state index < -0.39 is 11.8 Å². The minimum Gasteiger partial charge on any atom is -0.494 e. The number of ether oxygens (including phenoxy) is 1. The van der Waals surface area contributed by atoms with Gasteiger partial charge in [-0.3, -0.25) is 14.6 Å². The summed E-state index contributed by atoms with van der Waals surface area (Å²) in [6.45, 7) is 4.06. The van der Waals surface area contributed by atoms with Crippen LogP contribution in [0.4, 0.5) is 11.5 Å². The van der Waals surface area contributed by atoms with E-state index in [0.29, 0.717) is 21.5 Å². The van der Waals surface area contributed by atoms with Gasteiger partial charge in [-0.05, 0) is 30.5 Å². The molecule has 182 valence electrons. The number of halogens is 3. The summed E-state index contributed by atoms with van der Waals surface area (Å²) in [6.07, 6.45) is 1.41. The van der Waals surface area contributed by atoms with Gasteiger partial charge in [0.15, 0.2) is 0 Å². The van der Waals surface area contributed by atoms with Crippen molar-refractivity contribution in [2.75, 3.05) is 30.8 Å². The SMILES string of the molecule is COc1cc(Cl)cc(C(=O)Nc2ccc(Cl)cn2)c1NC(=O)c1scc(CN2CCN=C2C)c1Cl. The fraction of sp³-hybridized carbons (Fsp3) is 0.217. The molecule has 3 heterocycles. The number of pyridine rings is 1. The predicted octanol–water partition coefficient (Wildman–Crippen LogP) is 5.85. The molecule has 8 nitrogen and oxygen atoms in total. The number of aliphatic imine (C=N–C) groups is 1. The van der Waals surface area contributed by atoms with E-state index in [-0.39, 0.29) is 27.8 Å². The van der Waals surface area contributed by atoms with Crippen molar-refractivity contribution in [1.82, 2.24) is 9.88 Å². The summed E-state index contributed by atoms with van der Waals surface area (Å²) in [4.78, 5) is 37.1. The van der Waals surface area contributed by atoms with Crippen LogP contribution >= 0.6 is 46.1 Å². The maximum absolute atomic E-state index is 13.2. The van der Waals surface area contributed by atoms with E-state index in [9.17, 15) is 9.59 Å². The Morgan fingerprint density at radius 2 is 1.94 bits per heavy atom. The van der Waals surface area contributed by atoms with E-state index >= 15 is 0 Å². The number of amidine groups is 1. The number of hydrogen-bond donors (Lipinski definition) is 2. The second kappa shape index (κ2) is 10.8. The molecule has 0 unspecified atom stereocenters. The molecule has 2 N–H and O–H groups in total. The Bertz CT molecular complexity index is 1310. The summed E-state index contributed by atoms with van der Waals surface area (Å²) in [5.41, 5.74) is 1.08. The van der Waals surface area contributed by atoms with Gasteiger partial charge in [-0.1, -0.05) is 34.8 Å². The molecule has 0 atom stereocenters. The van der Waals surface area contributed by atoms with Gasteiger partial charge >= 0.3 is 0 Å². The zero-order valence-corrected chi connectivity index (χ0v) is 21.8. The van der Waals surface area contributed by atoms with Gasteiger partial charge in [-0.15, -0.1) is 11.3 Å². The highest BCUT2D eigenvalue weighted by Crippen LogP contribution is 2.35. The van der Waals surface area contributed by atoms with Crippen LogP contribution in [-0.2, 0) is 6.54 Å². The molecular weight excluding hydrogens is 533 g/mol. The third-order valence-corrected chi connectivity index (χ3v) is 7.29. The van der Waals surface area contributed by atoms with Crippen LogP contribution in [0.1, 0.15) is 32.5 Å². The van der Waals surface area contributed by atoms with Crippen LogP contribution < -0.4 is 15.4 Å². The predicted molar refractivity (Wildman–Crippen MR) is 141 cm³/mol. The van der Waals surface area contributed by atoms with Gasteiger partial charge in [0.05, 0.1) is 40.8 Å². The summed E-state index contributed by atoms with van der Waals surface area (Å²) in [5.74, 6) is 0.421. The first-order valence-corrected chi connectivity index (χ1v) is 12.4. The second-order valence-electron chi connectivity index (χ2n) is 7.56. The number of hydrogen-bond acceptors (Lipinski definition) is 7. The second-order valence-corrected chi connectivity index (χ2v) is 9.69. The van der Waals surface area contributed by atoms with Crippen LogP contribution in [-0.4, -0.2) is 47.7 Å². The maximum atomic E-state index is 13.2. The number of anilines is 2. The third kappa shape index (κ3) is 5.70. The maximum Gasteiger partial charge on any atom is 0.267 e. The minimum absolute atomic E-state index is 0.0938. The Kier molecular flexibility index (Phi) is 7.81. The number of nitrogens with one attached hydrogen (secondary N) is 2. The number of nitrogens with zero attached hydrogens (tertiary/aromatic N) is 3. The smallest absolute Gasteiger partial charge is 0.267 e. The van der Waals surface area contributed by atoms with E-state index in [2.05, 4.69) is 25.5 Å². The van der Waals surface area contributed by atoms with Crippen molar-refractivity contribution < 1.29 is 14.3 Å². The molecular formula is C23H20Cl3N5O3S. The van der Waals surface area contributed by atoms with Crippen molar-refractivity contribution in [2.45, 2.75) is 13.5 Å². The van der Waals surface area contributed by atoms with Gasteiger partial charge in [-0.2, -0.15) is 0 Å². The lowest BCUT2D eigenvalue weighted by Gasteiger charge is -2.17. The molecule has 2 amide bonds. The van der Waals surface area contributed by atoms with Gasteiger partial charge in [0, 0.05) is 35.9 Å². The van der Waals surface area contributed by atoms with Crippen LogP contribution in [0.5, 0.6) is 5.75 Å². The van der Waals surface area contributed by atoms with Gasteiger partial charge in [-0.25, -0.2) is 4.98 Å². The molecule has 1 aliphatic rings. The molecule has 2 aromatic heterocycles. The molecule has 0 fully saturated rings. The highest BCUT2D eigenvalue weighted by atomic mass is 35.5. The molecule has 1 aliphatic heterocycles. The Morgan fingerprint density at radius 1 is 1.14 bits per heavy atom. The fourth-order valence-corrected chi connectivity index (χ4v) is 5.05. The zero-order valence-electron chi connectivity index (χ0n) is 18.7. The highest BCUT2D eigenvalue weighted by molar-refractivity contribution is 7.13. The average Bonchev–Trinajstić information content (AvgIpc) is 3.41. The number of rotatable bonds is 7. The van der Waals surface area contributed by atoms with Gasteiger partial charge in [0.2, 0.25) is 0 Å². The van der Waals surface area contributed by atoms with E-state index in [1.807, 2.05) is 12.3 Å². The highest BCUT2D eigenvalue weighted by Gasteiger charge is 2.24. The molecule has 4 rings (SSSR count). The number of aromatic nitrogens is 1. The summed E-state index contributed by atoms with van der Waals surface area (Å²) in [6, 6.07) is 6.09. The minimum atomic E-state index is -0.544. The first kappa shape index (κ1) is 25.2. The van der Waals surface area contributed by atoms with Crippen LogP contribution in [0.25, 0.3) is 0 Å². The third-order valence-electron chi connectivity index (χ3n) is 5.27. The molecule has 35 heavy (non-hydrogen) atoms. The van der Waals surface area contributed by atoms with Gasteiger partial charge < -0.3 is 20.3 Å². The van der Waals surface area contributed by atoms with Crippen LogP contribution in [0.3, 0.4) is 0 Å². The normalized spacial score (nSPS) is 12.9. The van der Waals surface area contributed by atoms with Crippen LogP contribution in [0, 0.1) is 0 Å². The van der Waals surface area contributed by atoms with E-state index in [1.165, 1.54) is 36.8 Å². The Hall–Kier alpha value is -2.85. The molecule has 0 aliphatic carbocycles. The Labute approximate surface area is 220 Å². The van der Waals surface area contributed by atoms with E-state index in [4.69, 9.17) is 39.5 Å². The molecule has 1 aromatic carbocycles.